The predicted octanol–water partition coefficient (Wildman–Crippen LogP) is 2.80. The molecule has 0 aliphatic carbocycles. The van der Waals surface area contributed by atoms with Gasteiger partial charge >= 0.3 is 6.03 Å². The molecule has 1 aromatic carbocycles. The first-order valence-corrected chi connectivity index (χ1v) is 9.87. The van der Waals surface area contributed by atoms with Crippen molar-refractivity contribution in [2.45, 2.75) is 19.4 Å². The van der Waals surface area contributed by atoms with E-state index in [1.54, 1.807) is 19.5 Å². The molecule has 1 aromatic heterocycles. The van der Waals surface area contributed by atoms with Crippen LogP contribution in [0.1, 0.15) is 17.5 Å². The fourth-order valence-electron chi connectivity index (χ4n) is 3.55. The second-order valence-electron chi connectivity index (χ2n) is 7.48. The van der Waals surface area contributed by atoms with Gasteiger partial charge < -0.3 is 19.9 Å². The highest BCUT2D eigenvalue weighted by molar-refractivity contribution is 5.74. The number of pyridine rings is 1. The lowest BCUT2D eigenvalue weighted by atomic mass is 10.1. The third kappa shape index (κ3) is 5.96. The molecule has 0 bridgehead atoms. The lowest BCUT2D eigenvalue weighted by Crippen LogP contribution is -2.42. The predicted molar refractivity (Wildman–Crippen MR) is 110 cm³/mol. The molecule has 0 spiro atoms. The summed E-state index contributed by atoms with van der Waals surface area (Å²) in [5, 5.41) is 3.14. The second-order valence-corrected chi connectivity index (χ2v) is 7.48. The van der Waals surface area contributed by atoms with Crippen LogP contribution >= 0.6 is 0 Å². The largest absolute Gasteiger partial charge is 0.497 e. The van der Waals surface area contributed by atoms with E-state index in [4.69, 9.17) is 4.74 Å². The number of urea groups is 1. The van der Waals surface area contributed by atoms with Crippen molar-refractivity contribution in [2.24, 2.45) is 5.92 Å². The van der Waals surface area contributed by atoms with E-state index in [0.29, 0.717) is 19.0 Å². The minimum Gasteiger partial charge on any atom is -0.497 e. The van der Waals surface area contributed by atoms with Crippen LogP contribution in [0.15, 0.2) is 48.8 Å². The summed E-state index contributed by atoms with van der Waals surface area (Å²) < 4.78 is 5.22. The molecule has 2 amide bonds. The average Bonchev–Trinajstić information content (AvgIpc) is 3.15. The first-order valence-electron chi connectivity index (χ1n) is 9.87. The minimum atomic E-state index is -0.000114. The lowest BCUT2D eigenvalue weighted by Gasteiger charge is -2.24. The van der Waals surface area contributed by atoms with E-state index in [9.17, 15) is 4.79 Å². The highest BCUT2D eigenvalue weighted by Crippen LogP contribution is 2.15. The Hall–Kier alpha value is -2.60. The molecular weight excluding hydrogens is 352 g/mol. The summed E-state index contributed by atoms with van der Waals surface area (Å²) in [5.41, 5.74) is 2.27. The van der Waals surface area contributed by atoms with Crippen molar-refractivity contribution < 1.29 is 9.53 Å². The number of hydrogen-bond acceptors (Lipinski definition) is 4. The Morgan fingerprint density at radius 1 is 1.21 bits per heavy atom. The van der Waals surface area contributed by atoms with Gasteiger partial charge in [-0.3, -0.25) is 4.98 Å². The molecule has 1 aliphatic heterocycles. The van der Waals surface area contributed by atoms with Crippen LogP contribution < -0.4 is 10.1 Å². The topological polar surface area (TPSA) is 57.7 Å². The molecule has 1 fully saturated rings. The smallest absolute Gasteiger partial charge is 0.317 e. The van der Waals surface area contributed by atoms with Gasteiger partial charge in [-0.05, 0) is 67.7 Å². The van der Waals surface area contributed by atoms with E-state index in [2.05, 4.69) is 34.4 Å². The third-order valence-corrected chi connectivity index (χ3v) is 5.27. The van der Waals surface area contributed by atoms with Crippen molar-refractivity contribution >= 4 is 6.03 Å². The maximum absolute atomic E-state index is 12.9. The van der Waals surface area contributed by atoms with Crippen LogP contribution in [0, 0.1) is 5.92 Å². The van der Waals surface area contributed by atoms with Crippen LogP contribution in [-0.4, -0.2) is 61.2 Å². The maximum atomic E-state index is 12.9. The van der Waals surface area contributed by atoms with Gasteiger partial charge in [-0.1, -0.05) is 12.1 Å². The fraction of sp³-hybridized carbons (Fsp3) is 0.455. The van der Waals surface area contributed by atoms with Gasteiger partial charge in [-0.15, -0.1) is 0 Å². The Morgan fingerprint density at radius 3 is 2.61 bits per heavy atom. The monoisotopic (exact) mass is 382 g/mol. The molecule has 3 rings (SSSR count). The van der Waals surface area contributed by atoms with Crippen molar-refractivity contribution in [3.05, 3.63) is 59.9 Å². The highest BCUT2D eigenvalue weighted by Gasteiger charge is 2.21. The Kier molecular flexibility index (Phi) is 7.25. The number of ether oxygens (including phenoxy) is 1. The normalized spacial score (nSPS) is 16.7. The van der Waals surface area contributed by atoms with Gasteiger partial charge in [0.25, 0.3) is 0 Å². The second kappa shape index (κ2) is 10.1. The quantitative estimate of drug-likeness (QED) is 0.763. The van der Waals surface area contributed by atoms with Gasteiger partial charge in [-0.25, -0.2) is 4.79 Å². The molecule has 28 heavy (non-hydrogen) atoms. The summed E-state index contributed by atoms with van der Waals surface area (Å²) in [6, 6.07) is 11.9. The number of aromatic nitrogens is 1. The molecule has 6 nitrogen and oxygen atoms in total. The van der Waals surface area contributed by atoms with Crippen molar-refractivity contribution in [3.63, 3.8) is 0 Å². The van der Waals surface area contributed by atoms with Crippen LogP contribution in [0.2, 0.25) is 0 Å². The molecule has 2 heterocycles. The third-order valence-electron chi connectivity index (χ3n) is 5.27. The molecule has 0 radical (unpaired) electrons. The highest BCUT2D eigenvalue weighted by atomic mass is 16.5. The number of nitrogens with one attached hydrogen (secondary N) is 1. The summed E-state index contributed by atoms with van der Waals surface area (Å²) in [7, 11) is 3.80. The van der Waals surface area contributed by atoms with Crippen LogP contribution in [0.4, 0.5) is 4.79 Å². The van der Waals surface area contributed by atoms with Gasteiger partial charge in [0.15, 0.2) is 0 Å². The number of nitrogens with zero attached hydrogens (tertiary/aromatic N) is 3. The molecule has 6 heteroatoms. The number of likely N-dealkylation sites (tertiary alicyclic amines) is 1. The first kappa shape index (κ1) is 20.1. The summed E-state index contributed by atoms with van der Waals surface area (Å²) in [6.45, 7) is 4.13. The molecule has 1 atom stereocenters. The van der Waals surface area contributed by atoms with Crippen molar-refractivity contribution in [1.82, 2.24) is 20.1 Å². The zero-order chi connectivity index (χ0) is 19.8. The molecule has 1 N–H and O–H groups in total. The van der Waals surface area contributed by atoms with Crippen LogP contribution in [-0.2, 0) is 13.0 Å². The lowest BCUT2D eigenvalue weighted by molar-refractivity contribution is 0.194. The van der Waals surface area contributed by atoms with Gasteiger partial charge in [0.1, 0.15) is 5.75 Å². The molecular formula is C22H30N4O2. The zero-order valence-corrected chi connectivity index (χ0v) is 16.8. The summed E-state index contributed by atoms with van der Waals surface area (Å²) in [5.74, 6) is 1.38. The van der Waals surface area contributed by atoms with E-state index in [1.165, 1.54) is 5.56 Å². The average molecular weight is 383 g/mol. The van der Waals surface area contributed by atoms with Crippen molar-refractivity contribution in [3.8, 4) is 5.75 Å². The zero-order valence-electron chi connectivity index (χ0n) is 16.8. The Labute approximate surface area is 167 Å². The number of carbonyl (C=O) groups excluding carboxylic acids is 1. The van der Waals surface area contributed by atoms with Crippen LogP contribution in [0.25, 0.3) is 0 Å². The fourth-order valence-corrected chi connectivity index (χ4v) is 3.55. The molecule has 2 aromatic rings. The number of benzene rings is 1. The number of methoxy groups -OCH3 is 1. The number of amides is 2. The van der Waals surface area contributed by atoms with Gasteiger partial charge in [-0.2, -0.15) is 0 Å². The molecule has 1 saturated heterocycles. The van der Waals surface area contributed by atoms with E-state index in [0.717, 1.165) is 43.8 Å². The number of rotatable bonds is 8. The van der Waals surface area contributed by atoms with E-state index in [-0.39, 0.29) is 6.03 Å². The summed E-state index contributed by atoms with van der Waals surface area (Å²) in [6.07, 6.45) is 5.48. The van der Waals surface area contributed by atoms with Crippen molar-refractivity contribution in [2.75, 3.05) is 40.3 Å². The number of carbonyl (C=O) groups is 1. The SMILES string of the molecule is COc1ccc(CCN(Cc2ccncc2)C(=O)NC[C@@H]2CCN(C)C2)cc1. The van der Waals surface area contributed by atoms with E-state index < -0.39 is 0 Å². The van der Waals surface area contributed by atoms with Crippen LogP contribution in [0.5, 0.6) is 5.75 Å². The Morgan fingerprint density at radius 2 is 1.96 bits per heavy atom. The van der Waals surface area contributed by atoms with E-state index >= 15 is 0 Å². The van der Waals surface area contributed by atoms with Gasteiger partial charge in [0.05, 0.1) is 7.11 Å². The van der Waals surface area contributed by atoms with Crippen LogP contribution in [0.3, 0.4) is 0 Å². The number of hydrogen-bond donors (Lipinski definition) is 1. The molecule has 1 aliphatic rings. The standard InChI is InChI=1S/C22H30N4O2/c1-25-13-9-20(16-25)15-24-22(27)26(17-19-7-11-23-12-8-19)14-10-18-3-5-21(28-2)6-4-18/h3-8,11-12,20H,9-10,13-17H2,1-2H3,(H,24,27)/t20-/m0/s1. The van der Waals surface area contributed by atoms with Gasteiger partial charge in [0.2, 0.25) is 0 Å². The van der Waals surface area contributed by atoms with Crippen molar-refractivity contribution in [1.29, 1.82) is 0 Å². The Bertz CT molecular complexity index is 736. The summed E-state index contributed by atoms with van der Waals surface area (Å²) in [4.78, 5) is 21.1. The molecule has 150 valence electrons. The first-order chi connectivity index (χ1) is 13.6. The maximum Gasteiger partial charge on any atom is 0.317 e. The molecule has 0 unspecified atom stereocenters. The minimum absolute atomic E-state index is 0.000114. The summed E-state index contributed by atoms with van der Waals surface area (Å²) >= 11 is 0. The molecule has 0 saturated carbocycles. The van der Waals surface area contributed by atoms with E-state index in [1.807, 2.05) is 29.2 Å². The van der Waals surface area contributed by atoms with Gasteiger partial charge in [0, 0.05) is 38.6 Å². The Balaban J connectivity index is 1.59.